The molecule has 0 saturated carbocycles. The predicted octanol–water partition coefficient (Wildman–Crippen LogP) is 3.25. The minimum absolute atomic E-state index is 0.358. The molecule has 0 radical (unpaired) electrons. The molecule has 1 aromatic carbocycles. The molecule has 0 aromatic heterocycles. The molecule has 9 heteroatoms. The molecular weight excluding hydrogens is 294 g/mol. The minimum atomic E-state index is -4.76. The molecule has 98 valence electrons. The zero-order valence-corrected chi connectivity index (χ0v) is 10.0. The van der Waals surface area contributed by atoms with Crippen molar-refractivity contribution in [2.24, 2.45) is 5.73 Å². The van der Waals surface area contributed by atoms with Gasteiger partial charge in [-0.05, 0) is 12.1 Å². The number of rotatable bonds is 1. The lowest BCUT2D eigenvalue weighted by Crippen LogP contribution is -2.20. The molecule has 0 aliphatic heterocycles. The molecule has 0 aliphatic carbocycles. The monoisotopic (exact) mass is 299 g/mol. The van der Waals surface area contributed by atoms with E-state index in [1.807, 2.05) is 0 Å². The van der Waals surface area contributed by atoms with Gasteiger partial charge < -0.3 is 10.5 Å². The molecule has 18 heavy (non-hydrogen) atoms. The van der Waals surface area contributed by atoms with Crippen LogP contribution in [0.1, 0.15) is 11.1 Å². The van der Waals surface area contributed by atoms with Gasteiger partial charge in [0.25, 0.3) is 6.02 Å². The van der Waals surface area contributed by atoms with Gasteiger partial charge in [-0.15, -0.1) is 0 Å². The zero-order valence-electron chi connectivity index (χ0n) is 8.53. The van der Waals surface area contributed by atoms with E-state index in [0.29, 0.717) is 0 Å². The quantitative estimate of drug-likeness (QED) is 0.549. The second-order valence-corrected chi connectivity index (χ2v) is 3.86. The van der Waals surface area contributed by atoms with Gasteiger partial charge in [-0.2, -0.15) is 13.2 Å². The van der Waals surface area contributed by atoms with Crippen molar-refractivity contribution in [1.29, 1.82) is 10.8 Å². The van der Waals surface area contributed by atoms with Crippen LogP contribution in [-0.2, 0) is 10.9 Å². The smallest absolute Gasteiger partial charge is 0.407 e. The van der Waals surface area contributed by atoms with Crippen molar-refractivity contribution in [2.45, 2.75) is 6.18 Å². The molecular formula is C9H6Cl2F3N3O. The Morgan fingerprint density at radius 1 is 1.22 bits per heavy atom. The Morgan fingerprint density at radius 3 is 2.22 bits per heavy atom. The molecule has 0 saturated heterocycles. The number of hydrogen-bond donors (Lipinski definition) is 3. The number of amidine groups is 1. The SMILES string of the molecule is N=C(N)OC(=N)c1ccc(Cl)c(C(F)(F)F)c1Cl. The van der Waals surface area contributed by atoms with Crippen molar-refractivity contribution in [3.63, 3.8) is 0 Å². The molecule has 1 rings (SSSR count). The van der Waals surface area contributed by atoms with Gasteiger partial charge in [-0.25, -0.2) is 0 Å². The van der Waals surface area contributed by atoms with Crippen LogP contribution < -0.4 is 5.73 Å². The third kappa shape index (κ3) is 3.05. The van der Waals surface area contributed by atoms with Crippen LogP contribution >= 0.6 is 23.2 Å². The van der Waals surface area contributed by atoms with Gasteiger partial charge in [0.2, 0.25) is 5.90 Å². The van der Waals surface area contributed by atoms with E-state index in [1.165, 1.54) is 0 Å². The normalized spacial score (nSPS) is 11.2. The summed E-state index contributed by atoms with van der Waals surface area (Å²) in [6.07, 6.45) is -4.76. The second-order valence-electron chi connectivity index (χ2n) is 3.08. The first-order valence-corrected chi connectivity index (χ1v) is 5.06. The van der Waals surface area contributed by atoms with E-state index in [2.05, 4.69) is 4.74 Å². The lowest BCUT2D eigenvalue weighted by Gasteiger charge is -2.14. The van der Waals surface area contributed by atoms with Crippen molar-refractivity contribution in [3.05, 3.63) is 33.3 Å². The summed E-state index contributed by atoms with van der Waals surface area (Å²) in [5.41, 5.74) is 3.24. The van der Waals surface area contributed by atoms with E-state index in [9.17, 15) is 13.2 Å². The van der Waals surface area contributed by atoms with Crippen LogP contribution in [0.2, 0.25) is 10.0 Å². The van der Waals surface area contributed by atoms with Crippen LogP contribution in [0, 0.1) is 10.8 Å². The maximum atomic E-state index is 12.7. The standard InChI is InChI=1S/C9H6Cl2F3N3O/c10-4-2-1-3(7(15)18-8(16)17)6(11)5(4)9(12,13)14/h1-2,15H,(H3,16,17). The lowest BCUT2D eigenvalue weighted by molar-refractivity contribution is -0.137. The second kappa shape index (κ2) is 5.03. The first-order chi connectivity index (χ1) is 8.14. The fourth-order valence-electron chi connectivity index (χ4n) is 1.15. The molecule has 4 nitrogen and oxygen atoms in total. The summed E-state index contributed by atoms with van der Waals surface area (Å²) in [5, 5.41) is 12.8. The maximum absolute atomic E-state index is 12.7. The van der Waals surface area contributed by atoms with Crippen LogP contribution in [-0.4, -0.2) is 11.9 Å². The van der Waals surface area contributed by atoms with Gasteiger partial charge in [0.05, 0.1) is 21.2 Å². The number of alkyl halides is 3. The summed E-state index contributed by atoms with van der Waals surface area (Å²) < 4.78 is 42.4. The highest BCUT2D eigenvalue weighted by atomic mass is 35.5. The van der Waals surface area contributed by atoms with Crippen molar-refractivity contribution < 1.29 is 17.9 Å². The van der Waals surface area contributed by atoms with E-state index < -0.39 is 33.7 Å². The fourth-order valence-corrected chi connectivity index (χ4v) is 1.82. The van der Waals surface area contributed by atoms with Crippen LogP contribution in [0.4, 0.5) is 13.2 Å². The van der Waals surface area contributed by atoms with Crippen molar-refractivity contribution >= 4 is 35.1 Å². The van der Waals surface area contributed by atoms with Crippen LogP contribution in [0.5, 0.6) is 0 Å². The van der Waals surface area contributed by atoms with Gasteiger partial charge in [-0.3, -0.25) is 10.8 Å². The number of ether oxygens (including phenoxy) is 1. The van der Waals surface area contributed by atoms with E-state index in [-0.39, 0.29) is 5.56 Å². The van der Waals surface area contributed by atoms with Crippen molar-refractivity contribution in [1.82, 2.24) is 0 Å². The average molecular weight is 300 g/mol. The number of nitrogens with two attached hydrogens (primary N) is 1. The summed E-state index contributed by atoms with van der Waals surface area (Å²) in [6.45, 7) is 0. The lowest BCUT2D eigenvalue weighted by atomic mass is 10.1. The van der Waals surface area contributed by atoms with Crippen molar-refractivity contribution in [2.75, 3.05) is 0 Å². The number of hydrogen-bond acceptors (Lipinski definition) is 3. The van der Waals surface area contributed by atoms with E-state index in [0.717, 1.165) is 12.1 Å². The Balaban J connectivity index is 3.34. The third-order valence-electron chi connectivity index (χ3n) is 1.83. The topological polar surface area (TPSA) is 83.0 Å². The first-order valence-electron chi connectivity index (χ1n) is 4.30. The van der Waals surface area contributed by atoms with Crippen molar-refractivity contribution in [3.8, 4) is 0 Å². The van der Waals surface area contributed by atoms with Gasteiger partial charge in [0, 0.05) is 0 Å². The molecule has 0 spiro atoms. The number of benzene rings is 1. The Kier molecular flexibility index (Phi) is 4.08. The van der Waals surface area contributed by atoms with Crippen LogP contribution in [0.3, 0.4) is 0 Å². The summed E-state index contributed by atoms with van der Waals surface area (Å²) in [7, 11) is 0. The molecule has 0 heterocycles. The first kappa shape index (κ1) is 14.6. The Bertz CT molecular complexity index is 517. The molecule has 0 aliphatic rings. The molecule has 0 atom stereocenters. The predicted molar refractivity (Wildman–Crippen MR) is 61.3 cm³/mol. The molecule has 1 aromatic rings. The number of nitrogens with one attached hydrogen (secondary N) is 2. The van der Waals surface area contributed by atoms with Gasteiger partial charge in [0.15, 0.2) is 0 Å². The fraction of sp³-hybridized carbons (Fsp3) is 0.111. The van der Waals surface area contributed by atoms with Gasteiger partial charge in [-0.1, -0.05) is 23.2 Å². The van der Waals surface area contributed by atoms with Crippen LogP contribution in [0.15, 0.2) is 12.1 Å². The van der Waals surface area contributed by atoms with Crippen LogP contribution in [0.25, 0.3) is 0 Å². The summed E-state index contributed by atoms with van der Waals surface area (Å²) in [6, 6.07) is 1.18. The third-order valence-corrected chi connectivity index (χ3v) is 2.54. The zero-order chi connectivity index (χ0) is 14.1. The number of halogens is 5. The summed E-state index contributed by atoms with van der Waals surface area (Å²) in [5.74, 6) is -0.769. The van der Waals surface area contributed by atoms with Gasteiger partial charge >= 0.3 is 6.18 Å². The Morgan fingerprint density at radius 2 is 1.78 bits per heavy atom. The van der Waals surface area contributed by atoms with E-state index in [4.69, 9.17) is 39.8 Å². The van der Waals surface area contributed by atoms with Gasteiger partial charge in [0.1, 0.15) is 0 Å². The summed E-state index contributed by atoms with van der Waals surface area (Å²) >= 11 is 11.0. The minimum Gasteiger partial charge on any atom is -0.407 e. The molecule has 0 fully saturated rings. The highest BCUT2D eigenvalue weighted by Crippen LogP contribution is 2.41. The Hall–Kier alpha value is -1.47. The highest BCUT2D eigenvalue weighted by molar-refractivity contribution is 6.38. The largest absolute Gasteiger partial charge is 0.419 e. The molecule has 0 amide bonds. The average Bonchev–Trinajstić information content (AvgIpc) is 2.13. The molecule has 0 unspecified atom stereocenters. The molecule has 4 N–H and O–H groups in total. The maximum Gasteiger partial charge on any atom is 0.419 e. The Labute approximate surface area is 109 Å². The molecule has 0 bridgehead atoms. The van der Waals surface area contributed by atoms with E-state index in [1.54, 1.807) is 0 Å². The summed E-state index contributed by atoms with van der Waals surface area (Å²) in [4.78, 5) is 0. The highest BCUT2D eigenvalue weighted by Gasteiger charge is 2.37. The van der Waals surface area contributed by atoms with E-state index >= 15 is 0 Å².